The number of carboxylic acid groups (broad SMARTS) is 2. The minimum atomic E-state index is -5.08. The molecule has 0 unspecified atom stereocenters. The van der Waals surface area contributed by atoms with Crippen molar-refractivity contribution in [2.75, 3.05) is 12.3 Å². The maximum absolute atomic E-state index is 13.6. The lowest BCUT2D eigenvalue weighted by molar-refractivity contribution is -0.193. The average molecular weight is 796 g/mol. The molecular weight excluding hydrogens is 750 g/mol. The minimum absolute atomic E-state index is 0.0284. The number of benzene rings is 2. The predicted molar refractivity (Wildman–Crippen MR) is 178 cm³/mol. The third kappa shape index (κ3) is 19.1. The van der Waals surface area contributed by atoms with Gasteiger partial charge in [-0.3, -0.25) is 4.79 Å². The molecule has 20 heteroatoms. The lowest BCUT2D eigenvalue weighted by Crippen LogP contribution is -2.52. The number of aliphatic hydroxyl groups is 1. The summed E-state index contributed by atoms with van der Waals surface area (Å²) in [5.74, 6) is -8.13. The first-order chi connectivity index (χ1) is 24.3. The van der Waals surface area contributed by atoms with Crippen LogP contribution in [0.25, 0.3) is 0 Å². The van der Waals surface area contributed by atoms with Crippen molar-refractivity contribution in [3.8, 4) is 0 Å². The molecule has 0 saturated carbocycles. The van der Waals surface area contributed by atoms with Crippen LogP contribution in [0.4, 0.5) is 35.1 Å². The maximum Gasteiger partial charge on any atom is 0.490 e. The van der Waals surface area contributed by atoms with Gasteiger partial charge >= 0.3 is 24.3 Å². The number of alkyl halides is 6. The van der Waals surface area contributed by atoms with Crippen molar-refractivity contribution < 1.29 is 73.2 Å². The maximum atomic E-state index is 13.6. The normalized spacial score (nSPS) is 13.5. The number of carbonyl (C=O) groups excluding carboxylic acids is 1. The summed E-state index contributed by atoms with van der Waals surface area (Å²) in [4.78, 5) is 32.6. The van der Waals surface area contributed by atoms with Crippen molar-refractivity contribution in [2.45, 2.75) is 102 Å². The van der Waals surface area contributed by atoms with Crippen LogP contribution >= 0.6 is 0 Å². The highest BCUT2D eigenvalue weighted by atomic mass is 32.2. The number of amides is 1. The predicted octanol–water partition coefficient (Wildman–Crippen LogP) is 4.76. The summed E-state index contributed by atoms with van der Waals surface area (Å²) >= 11 is 0. The number of rotatable bonds is 16. The molecule has 11 nitrogen and oxygen atoms in total. The molecular formula is C33H45F8N3O8S. The molecule has 1 amide bonds. The molecule has 53 heavy (non-hydrogen) atoms. The van der Waals surface area contributed by atoms with Crippen LogP contribution in [-0.4, -0.2) is 94.6 Å². The SMILES string of the molecule is CCCC(CCC)S(=O)(=O)C[C@H](N)C(=O)N(Cc1cccc(CC)c1)C[C@@H](O)[C@@H](N)Cc1cc(F)cc(F)c1.O=C(O)C(F)(F)F.O=C(O)C(F)(F)F. The molecule has 0 aliphatic carbocycles. The van der Waals surface area contributed by atoms with E-state index >= 15 is 0 Å². The third-order valence-corrected chi connectivity index (χ3v) is 9.63. The van der Waals surface area contributed by atoms with Crippen LogP contribution in [0.1, 0.15) is 63.1 Å². The first-order valence-electron chi connectivity index (χ1n) is 16.1. The fraction of sp³-hybridized carbons (Fsp3) is 0.545. The number of hydrogen-bond donors (Lipinski definition) is 5. The molecule has 0 saturated heterocycles. The number of halogens is 8. The van der Waals surface area contributed by atoms with Gasteiger partial charge in [0.15, 0.2) is 9.84 Å². The standard InChI is InChI=1S/C29H43F2N3O4S.2C2HF3O2/c1-4-8-25(9-5-2)39(37,38)19-27(33)29(36)34(17-21-11-7-10-20(6-3)12-21)18-28(35)26(32)15-22-13-23(30)16-24(31)14-22;2*3-2(4,5)1(6)7/h7,10-14,16,25-28,35H,4-6,8-9,15,17-19,32-33H2,1-3H3;2*(H,6,7)/t26-,27-,28+;;/m0../s1. The first-order valence-corrected chi connectivity index (χ1v) is 17.8. The number of aliphatic carboxylic acids is 2. The van der Waals surface area contributed by atoms with E-state index in [0.717, 1.165) is 35.7 Å². The van der Waals surface area contributed by atoms with Crippen molar-refractivity contribution in [3.05, 3.63) is 70.8 Å². The fourth-order valence-corrected chi connectivity index (χ4v) is 6.84. The monoisotopic (exact) mass is 795 g/mol. The number of hydrogen-bond acceptors (Lipinski definition) is 8. The second kappa shape index (κ2) is 22.4. The summed E-state index contributed by atoms with van der Waals surface area (Å²) < 4.78 is 117. The quantitative estimate of drug-likeness (QED) is 0.148. The van der Waals surface area contributed by atoms with Crippen molar-refractivity contribution in [2.24, 2.45) is 11.5 Å². The molecule has 0 bridgehead atoms. The Kier molecular flexibility index (Phi) is 20.7. The van der Waals surface area contributed by atoms with E-state index in [9.17, 15) is 53.4 Å². The molecule has 0 fully saturated rings. The highest BCUT2D eigenvalue weighted by Crippen LogP contribution is 2.19. The van der Waals surface area contributed by atoms with E-state index in [2.05, 4.69) is 0 Å². The number of aryl methyl sites for hydroxylation is 1. The molecule has 302 valence electrons. The smallest absolute Gasteiger partial charge is 0.475 e. The Morgan fingerprint density at radius 1 is 0.792 bits per heavy atom. The van der Waals surface area contributed by atoms with Gasteiger partial charge < -0.3 is 31.7 Å². The Morgan fingerprint density at radius 3 is 1.66 bits per heavy atom. The summed E-state index contributed by atoms with van der Waals surface area (Å²) in [5, 5.41) is 24.6. The van der Waals surface area contributed by atoms with Crippen molar-refractivity contribution in [1.82, 2.24) is 4.90 Å². The van der Waals surface area contributed by atoms with E-state index in [4.69, 9.17) is 31.3 Å². The number of carboxylic acids is 2. The molecule has 3 atom stereocenters. The van der Waals surface area contributed by atoms with Gasteiger partial charge in [0.05, 0.1) is 23.1 Å². The van der Waals surface area contributed by atoms with E-state index in [1.165, 1.54) is 4.90 Å². The van der Waals surface area contributed by atoms with Gasteiger partial charge in [0.1, 0.15) is 11.6 Å². The van der Waals surface area contributed by atoms with Crippen molar-refractivity contribution in [3.63, 3.8) is 0 Å². The molecule has 0 aliphatic rings. The zero-order valence-electron chi connectivity index (χ0n) is 29.1. The van der Waals surface area contributed by atoms with Gasteiger partial charge in [-0.1, -0.05) is 57.9 Å². The third-order valence-electron chi connectivity index (χ3n) is 7.32. The van der Waals surface area contributed by atoms with Gasteiger partial charge in [-0.25, -0.2) is 26.8 Å². The molecule has 0 heterocycles. The lowest BCUT2D eigenvalue weighted by Gasteiger charge is -2.30. The first kappa shape index (κ1) is 49.1. The summed E-state index contributed by atoms with van der Waals surface area (Å²) in [7, 11) is -3.63. The summed E-state index contributed by atoms with van der Waals surface area (Å²) in [5.41, 5.74) is 14.5. The van der Waals surface area contributed by atoms with Crippen LogP contribution in [0.3, 0.4) is 0 Å². The van der Waals surface area contributed by atoms with E-state index in [1.54, 1.807) is 0 Å². The van der Waals surface area contributed by atoms with Crippen molar-refractivity contribution >= 4 is 27.7 Å². The van der Waals surface area contributed by atoms with Crippen LogP contribution in [-0.2, 0) is 43.6 Å². The Morgan fingerprint density at radius 2 is 1.25 bits per heavy atom. The van der Waals surface area contributed by atoms with Crippen LogP contribution in [0, 0.1) is 11.6 Å². The molecule has 7 N–H and O–H groups in total. The highest BCUT2D eigenvalue weighted by Gasteiger charge is 2.39. The topological polar surface area (TPSA) is 201 Å². The Labute approximate surface area is 301 Å². The number of aliphatic hydroxyl groups excluding tert-OH is 1. The molecule has 0 aliphatic heterocycles. The zero-order valence-corrected chi connectivity index (χ0v) is 29.9. The van der Waals surface area contributed by atoms with E-state index in [-0.39, 0.29) is 25.1 Å². The number of sulfone groups is 1. The molecule has 2 aromatic rings. The van der Waals surface area contributed by atoms with Gasteiger partial charge in [-0.15, -0.1) is 0 Å². The van der Waals surface area contributed by atoms with Crippen LogP contribution in [0.5, 0.6) is 0 Å². The second-order valence-electron chi connectivity index (χ2n) is 11.8. The van der Waals surface area contributed by atoms with Gasteiger partial charge in [0.25, 0.3) is 0 Å². The number of nitrogens with zero attached hydrogens (tertiary/aromatic N) is 1. The van der Waals surface area contributed by atoms with Crippen LogP contribution < -0.4 is 11.5 Å². The highest BCUT2D eigenvalue weighted by molar-refractivity contribution is 7.92. The number of carbonyl (C=O) groups is 3. The summed E-state index contributed by atoms with van der Waals surface area (Å²) in [6.07, 6.45) is -8.27. The molecule has 0 radical (unpaired) electrons. The lowest BCUT2D eigenvalue weighted by atomic mass is 10.0. The van der Waals surface area contributed by atoms with Gasteiger partial charge in [-0.05, 0) is 54.5 Å². The van der Waals surface area contributed by atoms with E-state index in [1.807, 2.05) is 45.0 Å². The van der Waals surface area contributed by atoms with Gasteiger partial charge in [0, 0.05) is 25.2 Å². The molecule has 0 spiro atoms. The zero-order chi connectivity index (χ0) is 41.3. The van der Waals surface area contributed by atoms with Crippen LogP contribution in [0.2, 0.25) is 0 Å². The molecule has 2 aromatic carbocycles. The fourth-order valence-electron chi connectivity index (χ4n) is 4.74. The van der Waals surface area contributed by atoms with Gasteiger partial charge in [0.2, 0.25) is 5.91 Å². The summed E-state index contributed by atoms with van der Waals surface area (Å²) in [6, 6.07) is 8.35. The Balaban J connectivity index is 0.00000162. The Hall–Kier alpha value is -3.88. The van der Waals surface area contributed by atoms with Crippen molar-refractivity contribution in [1.29, 1.82) is 0 Å². The average Bonchev–Trinajstić information content (AvgIpc) is 3.03. The van der Waals surface area contributed by atoms with Crippen LogP contribution in [0.15, 0.2) is 42.5 Å². The van der Waals surface area contributed by atoms with E-state index in [0.29, 0.717) is 25.7 Å². The van der Waals surface area contributed by atoms with E-state index < -0.39 is 80.9 Å². The largest absolute Gasteiger partial charge is 0.490 e. The molecule has 2 rings (SSSR count). The molecule has 0 aromatic heterocycles. The number of nitrogens with two attached hydrogens (primary N) is 2. The van der Waals surface area contributed by atoms with Gasteiger partial charge in [-0.2, -0.15) is 26.3 Å². The summed E-state index contributed by atoms with van der Waals surface area (Å²) in [6.45, 7) is 5.70. The second-order valence-corrected chi connectivity index (χ2v) is 14.2. The minimum Gasteiger partial charge on any atom is -0.475 e. The Bertz CT molecular complexity index is 1530.